The zero-order valence-corrected chi connectivity index (χ0v) is 15.1. The summed E-state index contributed by atoms with van der Waals surface area (Å²) in [5.41, 5.74) is 5.51. The van der Waals surface area contributed by atoms with E-state index in [9.17, 15) is 18.0 Å². The highest BCUT2D eigenvalue weighted by Gasteiger charge is 2.36. The fourth-order valence-corrected chi connectivity index (χ4v) is 3.02. The van der Waals surface area contributed by atoms with Crippen molar-refractivity contribution in [2.45, 2.75) is 33.5 Å². The molecule has 2 aromatic heterocycles. The standard InChI is InChI=1S/C20H19F3N2O2/c1-11-4-6-14(12(2)8-11)10-25-16(17-7-5-13(3)27-17)9-15(20(21,22)23)18(24)19(25)26/h4-9H,10,24H2,1-3H3. The second-order valence-corrected chi connectivity index (χ2v) is 6.59. The van der Waals surface area contributed by atoms with Crippen LogP contribution >= 0.6 is 0 Å². The quantitative estimate of drug-likeness (QED) is 0.722. The first-order valence-corrected chi connectivity index (χ1v) is 8.31. The third-order valence-corrected chi connectivity index (χ3v) is 4.46. The molecule has 0 aliphatic carbocycles. The molecule has 0 aliphatic heterocycles. The van der Waals surface area contributed by atoms with Gasteiger partial charge in [-0.3, -0.25) is 9.36 Å². The molecule has 0 aliphatic rings. The van der Waals surface area contributed by atoms with Crippen LogP contribution in [0.4, 0.5) is 18.9 Å². The summed E-state index contributed by atoms with van der Waals surface area (Å²) < 4.78 is 46.7. The fraction of sp³-hybridized carbons (Fsp3) is 0.250. The van der Waals surface area contributed by atoms with Crippen LogP contribution in [0.25, 0.3) is 11.5 Å². The van der Waals surface area contributed by atoms with Gasteiger partial charge in [0.05, 0.1) is 17.8 Å². The minimum Gasteiger partial charge on any atom is -0.460 e. The largest absolute Gasteiger partial charge is 0.460 e. The number of nitrogen functional groups attached to an aromatic ring is 1. The molecule has 2 N–H and O–H groups in total. The summed E-state index contributed by atoms with van der Waals surface area (Å²) in [7, 11) is 0. The van der Waals surface area contributed by atoms with E-state index in [1.807, 2.05) is 32.0 Å². The van der Waals surface area contributed by atoms with Crippen LogP contribution in [-0.2, 0) is 12.7 Å². The van der Waals surface area contributed by atoms with E-state index in [-0.39, 0.29) is 18.0 Å². The number of nitrogens with two attached hydrogens (primary N) is 1. The Kier molecular flexibility index (Phi) is 4.63. The molecule has 1 aromatic carbocycles. The molecular formula is C20H19F3N2O2. The minimum atomic E-state index is -4.74. The lowest BCUT2D eigenvalue weighted by molar-refractivity contribution is -0.137. The third-order valence-electron chi connectivity index (χ3n) is 4.46. The average molecular weight is 376 g/mol. The molecule has 0 radical (unpaired) electrons. The maximum Gasteiger partial charge on any atom is 0.418 e. The van der Waals surface area contributed by atoms with Gasteiger partial charge in [-0.05, 0) is 50.1 Å². The van der Waals surface area contributed by atoms with Crippen LogP contribution in [0.15, 0.2) is 45.6 Å². The highest BCUT2D eigenvalue weighted by atomic mass is 19.4. The number of benzene rings is 1. The molecule has 2 heterocycles. The Bertz CT molecular complexity index is 1060. The maximum atomic E-state index is 13.3. The number of alkyl halides is 3. The number of pyridine rings is 1. The Hall–Kier alpha value is -2.96. The normalized spacial score (nSPS) is 11.8. The van der Waals surface area contributed by atoms with E-state index in [4.69, 9.17) is 10.2 Å². The summed E-state index contributed by atoms with van der Waals surface area (Å²) in [4.78, 5) is 12.7. The van der Waals surface area contributed by atoms with Gasteiger partial charge in [0.15, 0.2) is 5.76 Å². The van der Waals surface area contributed by atoms with Gasteiger partial charge in [-0.1, -0.05) is 23.8 Å². The summed E-state index contributed by atoms with van der Waals surface area (Å²) >= 11 is 0. The molecule has 0 saturated heterocycles. The zero-order valence-electron chi connectivity index (χ0n) is 15.1. The smallest absolute Gasteiger partial charge is 0.418 e. The molecule has 142 valence electrons. The van der Waals surface area contributed by atoms with Crippen molar-refractivity contribution in [1.82, 2.24) is 4.57 Å². The van der Waals surface area contributed by atoms with Gasteiger partial charge >= 0.3 is 6.18 Å². The van der Waals surface area contributed by atoms with Gasteiger partial charge in [-0.15, -0.1) is 0 Å². The summed E-state index contributed by atoms with van der Waals surface area (Å²) in [5, 5.41) is 0. The minimum absolute atomic E-state index is 0.0367. The van der Waals surface area contributed by atoms with Crippen LogP contribution in [-0.4, -0.2) is 4.57 Å². The van der Waals surface area contributed by atoms with E-state index >= 15 is 0 Å². The van der Waals surface area contributed by atoms with Crippen LogP contribution in [0.1, 0.15) is 28.0 Å². The number of furan rings is 1. The molecule has 0 atom stereocenters. The summed E-state index contributed by atoms with van der Waals surface area (Å²) in [5.74, 6) is 0.709. The van der Waals surface area contributed by atoms with E-state index < -0.39 is 23.0 Å². The van der Waals surface area contributed by atoms with Gasteiger partial charge in [0, 0.05) is 0 Å². The molecule has 3 rings (SSSR count). The Morgan fingerprint density at radius 3 is 2.33 bits per heavy atom. The lowest BCUT2D eigenvalue weighted by Crippen LogP contribution is -2.28. The lowest BCUT2D eigenvalue weighted by atomic mass is 10.0. The first-order valence-electron chi connectivity index (χ1n) is 8.31. The van der Waals surface area contributed by atoms with Gasteiger partial charge < -0.3 is 10.2 Å². The van der Waals surface area contributed by atoms with Gasteiger partial charge in [0.25, 0.3) is 5.56 Å². The van der Waals surface area contributed by atoms with E-state index in [1.165, 1.54) is 4.57 Å². The van der Waals surface area contributed by atoms with Crippen molar-refractivity contribution >= 4 is 5.69 Å². The van der Waals surface area contributed by atoms with Crippen molar-refractivity contribution in [2.75, 3.05) is 5.73 Å². The zero-order chi connectivity index (χ0) is 19.9. The Balaban J connectivity index is 2.25. The highest BCUT2D eigenvalue weighted by molar-refractivity contribution is 5.61. The predicted molar refractivity (Wildman–Crippen MR) is 97.6 cm³/mol. The van der Waals surface area contributed by atoms with E-state index in [0.29, 0.717) is 5.76 Å². The van der Waals surface area contributed by atoms with Crippen molar-refractivity contribution in [2.24, 2.45) is 0 Å². The summed E-state index contributed by atoms with van der Waals surface area (Å²) in [6.07, 6.45) is -4.74. The lowest BCUT2D eigenvalue weighted by Gasteiger charge is -2.18. The second-order valence-electron chi connectivity index (χ2n) is 6.59. The molecule has 0 bridgehead atoms. The number of aromatic nitrogens is 1. The number of nitrogens with zero attached hydrogens (tertiary/aromatic N) is 1. The van der Waals surface area contributed by atoms with Crippen molar-refractivity contribution in [3.8, 4) is 11.5 Å². The molecule has 4 nitrogen and oxygen atoms in total. The Morgan fingerprint density at radius 1 is 1.07 bits per heavy atom. The van der Waals surface area contributed by atoms with Gasteiger partial charge in [-0.2, -0.15) is 13.2 Å². The molecule has 0 fully saturated rings. The number of hydrogen-bond acceptors (Lipinski definition) is 3. The maximum absolute atomic E-state index is 13.3. The number of rotatable bonds is 3. The number of aryl methyl sites for hydroxylation is 3. The van der Waals surface area contributed by atoms with Crippen LogP contribution in [0.3, 0.4) is 0 Å². The molecule has 0 spiro atoms. The molecule has 3 aromatic rings. The Labute approximate surface area is 154 Å². The van der Waals surface area contributed by atoms with Crippen molar-refractivity contribution < 1.29 is 17.6 Å². The van der Waals surface area contributed by atoms with Crippen LogP contribution in [0.5, 0.6) is 0 Å². The van der Waals surface area contributed by atoms with Gasteiger partial charge in [0.2, 0.25) is 0 Å². The number of halogens is 3. The van der Waals surface area contributed by atoms with Gasteiger partial charge in [0.1, 0.15) is 11.4 Å². The second kappa shape index (κ2) is 6.64. The SMILES string of the molecule is Cc1ccc(Cn2c(-c3ccc(C)o3)cc(C(F)(F)F)c(N)c2=O)c(C)c1. The first-order chi connectivity index (χ1) is 12.6. The Morgan fingerprint density at radius 2 is 1.78 bits per heavy atom. The topological polar surface area (TPSA) is 61.2 Å². The van der Waals surface area contributed by atoms with Crippen molar-refractivity contribution in [3.05, 3.63) is 74.8 Å². The summed E-state index contributed by atoms with van der Waals surface area (Å²) in [6, 6.07) is 9.73. The highest BCUT2D eigenvalue weighted by Crippen LogP contribution is 2.35. The average Bonchev–Trinajstić information content (AvgIpc) is 2.99. The molecule has 0 amide bonds. The van der Waals surface area contributed by atoms with E-state index in [0.717, 1.165) is 22.8 Å². The molecule has 7 heteroatoms. The summed E-state index contributed by atoms with van der Waals surface area (Å²) in [6.45, 7) is 5.59. The van der Waals surface area contributed by atoms with Crippen molar-refractivity contribution in [3.63, 3.8) is 0 Å². The number of anilines is 1. The first kappa shape index (κ1) is 18.8. The van der Waals surface area contributed by atoms with Crippen LogP contribution < -0.4 is 11.3 Å². The number of hydrogen-bond donors (Lipinski definition) is 1. The molecule has 27 heavy (non-hydrogen) atoms. The van der Waals surface area contributed by atoms with Crippen LogP contribution in [0, 0.1) is 20.8 Å². The molecular weight excluding hydrogens is 357 g/mol. The fourth-order valence-electron chi connectivity index (χ4n) is 3.02. The van der Waals surface area contributed by atoms with Crippen LogP contribution in [0.2, 0.25) is 0 Å². The van der Waals surface area contributed by atoms with E-state index in [2.05, 4.69) is 0 Å². The molecule has 0 saturated carbocycles. The molecule has 0 unspecified atom stereocenters. The third kappa shape index (κ3) is 3.63. The van der Waals surface area contributed by atoms with E-state index in [1.54, 1.807) is 19.1 Å². The van der Waals surface area contributed by atoms with Crippen molar-refractivity contribution in [1.29, 1.82) is 0 Å². The predicted octanol–water partition coefficient (Wildman–Crippen LogP) is 4.68. The van der Waals surface area contributed by atoms with Gasteiger partial charge in [-0.25, -0.2) is 0 Å². The monoisotopic (exact) mass is 376 g/mol.